The molecule has 6 heteroatoms. The van der Waals surface area contributed by atoms with Gasteiger partial charge in [-0.25, -0.2) is 4.79 Å². The van der Waals surface area contributed by atoms with E-state index in [4.69, 9.17) is 0 Å². The Kier molecular flexibility index (Phi) is 2.62. The molecule has 1 saturated heterocycles. The van der Waals surface area contributed by atoms with Crippen LogP contribution in [0.5, 0.6) is 0 Å². The van der Waals surface area contributed by atoms with Crippen LogP contribution in [0.25, 0.3) is 0 Å². The van der Waals surface area contributed by atoms with E-state index in [9.17, 15) is 14.4 Å². The number of hydrogen-bond acceptors (Lipinski definition) is 4. The number of alkyl carbamates (subject to hydrolysis) is 1. The standard InChI is InChI=1S/C13H16N2O4/c1-6(14-13(18)19-2)15-11(16)9-7-3-4-8(5-7)10(9)12(15)17/h3-4,6-10H,5H2,1-2H3,(H,14,18)/t6-,7-,8-,9-,10+/m0/s1. The van der Waals surface area contributed by atoms with Gasteiger partial charge in [-0.3, -0.25) is 14.5 Å². The van der Waals surface area contributed by atoms with Crippen LogP contribution in [-0.2, 0) is 14.3 Å². The summed E-state index contributed by atoms with van der Waals surface area (Å²) in [6.45, 7) is 1.61. The number of imide groups is 1. The lowest BCUT2D eigenvalue weighted by atomic mass is 9.85. The van der Waals surface area contributed by atoms with E-state index in [0.717, 1.165) is 6.42 Å². The van der Waals surface area contributed by atoms with Crippen molar-refractivity contribution < 1.29 is 19.1 Å². The van der Waals surface area contributed by atoms with E-state index in [1.807, 2.05) is 12.2 Å². The second kappa shape index (κ2) is 4.08. The SMILES string of the molecule is COC(=O)N[C@H](C)N1C(=O)[C@@H]2[C@H](C1=O)[C@H]1C=C[C@H]2C1. The molecule has 3 rings (SSSR count). The Morgan fingerprint density at radius 3 is 2.32 bits per heavy atom. The van der Waals surface area contributed by atoms with Gasteiger partial charge in [0.15, 0.2) is 0 Å². The predicted molar refractivity (Wildman–Crippen MR) is 64.6 cm³/mol. The Morgan fingerprint density at radius 2 is 1.84 bits per heavy atom. The van der Waals surface area contributed by atoms with Crippen molar-refractivity contribution in [3.63, 3.8) is 0 Å². The van der Waals surface area contributed by atoms with Crippen LogP contribution in [0, 0.1) is 23.7 Å². The van der Waals surface area contributed by atoms with E-state index >= 15 is 0 Å². The minimum Gasteiger partial charge on any atom is -0.453 e. The third-order valence-electron chi connectivity index (χ3n) is 4.40. The van der Waals surface area contributed by atoms with Gasteiger partial charge >= 0.3 is 6.09 Å². The summed E-state index contributed by atoms with van der Waals surface area (Å²) in [6.07, 6.45) is 3.67. The average molecular weight is 264 g/mol. The van der Waals surface area contributed by atoms with Gasteiger partial charge in [-0.1, -0.05) is 12.2 Å². The molecule has 1 aliphatic heterocycles. The van der Waals surface area contributed by atoms with E-state index in [1.54, 1.807) is 6.92 Å². The van der Waals surface area contributed by atoms with Crippen LogP contribution in [0.1, 0.15) is 13.3 Å². The number of likely N-dealkylation sites (tertiary alicyclic amines) is 1. The van der Waals surface area contributed by atoms with Gasteiger partial charge in [0, 0.05) is 0 Å². The lowest BCUT2D eigenvalue weighted by molar-refractivity contribution is -0.143. The summed E-state index contributed by atoms with van der Waals surface area (Å²) in [5.74, 6) is -0.441. The molecule has 6 nitrogen and oxygen atoms in total. The molecular weight excluding hydrogens is 248 g/mol. The highest BCUT2D eigenvalue weighted by atomic mass is 16.5. The molecule has 102 valence electrons. The zero-order valence-corrected chi connectivity index (χ0v) is 10.8. The first kappa shape index (κ1) is 12.2. The Bertz CT molecular complexity index is 457. The van der Waals surface area contributed by atoms with E-state index in [1.165, 1.54) is 12.0 Å². The fourth-order valence-corrected chi connectivity index (χ4v) is 3.60. The number of nitrogens with one attached hydrogen (secondary N) is 1. The summed E-state index contributed by atoms with van der Waals surface area (Å²) in [4.78, 5) is 37.1. The highest BCUT2D eigenvalue weighted by molar-refractivity contribution is 6.06. The van der Waals surface area contributed by atoms with E-state index in [2.05, 4.69) is 10.1 Å². The van der Waals surface area contributed by atoms with Crippen LogP contribution < -0.4 is 5.32 Å². The van der Waals surface area contributed by atoms with E-state index < -0.39 is 12.3 Å². The molecule has 0 aromatic rings. The maximum absolute atomic E-state index is 12.4. The second-order valence-corrected chi connectivity index (χ2v) is 5.36. The highest BCUT2D eigenvalue weighted by Crippen LogP contribution is 2.52. The largest absolute Gasteiger partial charge is 0.453 e. The van der Waals surface area contributed by atoms with Gasteiger partial charge in [0.2, 0.25) is 11.8 Å². The summed E-state index contributed by atoms with van der Waals surface area (Å²) in [5.41, 5.74) is 0. The molecule has 3 amide bonds. The molecule has 0 radical (unpaired) electrons. The molecule has 0 unspecified atom stereocenters. The van der Waals surface area contributed by atoms with Crippen molar-refractivity contribution in [2.75, 3.05) is 7.11 Å². The highest BCUT2D eigenvalue weighted by Gasteiger charge is 2.60. The summed E-state index contributed by atoms with van der Waals surface area (Å²) in [5, 5.41) is 2.47. The van der Waals surface area contributed by atoms with Crippen molar-refractivity contribution in [3.05, 3.63) is 12.2 Å². The number of methoxy groups -OCH3 is 1. The molecule has 2 aliphatic carbocycles. The number of ether oxygens (including phenoxy) is 1. The molecule has 1 N–H and O–H groups in total. The normalized spacial score (nSPS) is 36.6. The van der Waals surface area contributed by atoms with Crippen LogP contribution in [0.2, 0.25) is 0 Å². The van der Waals surface area contributed by atoms with Crippen molar-refractivity contribution in [1.82, 2.24) is 10.2 Å². The number of rotatable bonds is 2. The lowest BCUT2D eigenvalue weighted by Crippen LogP contribution is -2.50. The fraction of sp³-hybridized carbons (Fsp3) is 0.615. The number of carbonyl (C=O) groups is 3. The molecule has 19 heavy (non-hydrogen) atoms. The monoisotopic (exact) mass is 264 g/mol. The minimum atomic E-state index is -0.669. The van der Waals surface area contributed by atoms with Gasteiger partial charge in [-0.05, 0) is 25.2 Å². The van der Waals surface area contributed by atoms with E-state index in [0.29, 0.717) is 0 Å². The number of carbonyl (C=O) groups excluding carboxylic acids is 3. The van der Waals surface area contributed by atoms with Gasteiger partial charge in [-0.2, -0.15) is 0 Å². The summed E-state index contributed by atoms with van der Waals surface area (Å²) in [6, 6.07) is 0. The van der Waals surface area contributed by atoms with Crippen molar-refractivity contribution in [1.29, 1.82) is 0 Å². The van der Waals surface area contributed by atoms with Crippen molar-refractivity contribution in [3.8, 4) is 0 Å². The Hall–Kier alpha value is -1.85. The first-order valence-electron chi connectivity index (χ1n) is 6.44. The third kappa shape index (κ3) is 1.59. The molecule has 1 heterocycles. The van der Waals surface area contributed by atoms with Crippen LogP contribution >= 0.6 is 0 Å². The molecule has 0 spiro atoms. The zero-order chi connectivity index (χ0) is 13.7. The number of nitrogens with zero attached hydrogens (tertiary/aromatic N) is 1. The Balaban J connectivity index is 1.80. The van der Waals surface area contributed by atoms with Gasteiger partial charge in [0.1, 0.15) is 6.17 Å². The fourth-order valence-electron chi connectivity index (χ4n) is 3.60. The summed E-state index contributed by atoms with van der Waals surface area (Å²) in [7, 11) is 1.24. The number of amides is 3. The van der Waals surface area contributed by atoms with Gasteiger partial charge in [0.25, 0.3) is 0 Å². The van der Waals surface area contributed by atoms with Crippen LogP contribution in [0.15, 0.2) is 12.2 Å². The van der Waals surface area contributed by atoms with Crippen molar-refractivity contribution in [2.24, 2.45) is 23.7 Å². The van der Waals surface area contributed by atoms with Crippen molar-refractivity contribution in [2.45, 2.75) is 19.5 Å². The molecule has 2 fully saturated rings. The number of allylic oxidation sites excluding steroid dienone is 2. The van der Waals surface area contributed by atoms with Gasteiger partial charge in [-0.15, -0.1) is 0 Å². The quantitative estimate of drug-likeness (QED) is 0.582. The smallest absolute Gasteiger partial charge is 0.408 e. The van der Waals surface area contributed by atoms with Crippen LogP contribution in [-0.4, -0.2) is 36.1 Å². The second-order valence-electron chi connectivity index (χ2n) is 5.36. The van der Waals surface area contributed by atoms with Crippen LogP contribution in [0.4, 0.5) is 4.79 Å². The topological polar surface area (TPSA) is 75.7 Å². The maximum Gasteiger partial charge on any atom is 0.408 e. The van der Waals surface area contributed by atoms with Gasteiger partial charge < -0.3 is 10.1 Å². The first-order chi connectivity index (χ1) is 9.04. The summed E-state index contributed by atoms with van der Waals surface area (Å²) >= 11 is 0. The van der Waals surface area contributed by atoms with E-state index in [-0.39, 0.29) is 35.5 Å². The number of fused-ring (bicyclic) bond motifs is 5. The Morgan fingerprint density at radius 1 is 1.32 bits per heavy atom. The van der Waals surface area contributed by atoms with Crippen molar-refractivity contribution >= 4 is 17.9 Å². The zero-order valence-electron chi connectivity index (χ0n) is 10.8. The molecule has 0 aromatic carbocycles. The maximum atomic E-state index is 12.4. The molecular formula is C13H16N2O4. The third-order valence-corrected chi connectivity index (χ3v) is 4.40. The molecule has 3 aliphatic rings. The molecule has 2 bridgehead atoms. The van der Waals surface area contributed by atoms with Crippen LogP contribution in [0.3, 0.4) is 0 Å². The Labute approximate surface area is 110 Å². The average Bonchev–Trinajstić information content (AvgIpc) is 3.03. The molecule has 0 aromatic heterocycles. The van der Waals surface area contributed by atoms with Gasteiger partial charge in [0.05, 0.1) is 18.9 Å². The molecule has 5 atom stereocenters. The summed E-state index contributed by atoms with van der Waals surface area (Å²) < 4.78 is 4.49. The predicted octanol–water partition coefficient (Wildman–Crippen LogP) is 0.495. The molecule has 1 saturated carbocycles. The first-order valence-corrected chi connectivity index (χ1v) is 6.44. The lowest BCUT2D eigenvalue weighted by Gasteiger charge is -2.24. The number of hydrogen-bond donors (Lipinski definition) is 1. The minimum absolute atomic E-state index is 0.171.